The molecule has 49 heavy (non-hydrogen) atoms. The minimum Gasteiger partial charge on any atom is -0.467 e. The van der Waals surface area contributed by atoms with Gasteiger partial charge < -0.3 is 24.8 Å². The predicted molar refractivity (Wildman–Crippen MR) is 189 cm³/mol. The largest absolute Gasteiger partial charge is 0.467 e. The van der Waals surface area contributed by atoms with E-state index in [1.54, 1.807) is 4.90 Å². The smallest absolute Gasteiger partial charge is 0.412 e. The Hall–Kier alpha value is -3.92. The molecule has 1 saturated heterocycles. The Kier molecular flexibility index (Phi) is 14.7. The molecule has 0 unspecified atom stereocenters. The highest BCUT2D eigenvalue weighted by Crippen LogP contribution is 2.39. The molecule has 2 N–H and O–H groups in total. The molecule has 0 saturated carbocycles. The summed E-state index contributed by atoms with van der Waals surface area (Å²) >= 11 is 0. The van der Waals surface area contributed by atoms with Crippen molar-refractivity contribution >= 4 is 23.9 Å². The van der Waals surface area contributed by atoms with E-state index in [4.69, 9.17) is 14.2 Å². The maximum absolute atomic E-state index is 14.1. The summed E-state index contributed by atoms with van der Waals surface area (Å²) in [7, 11) is 1.29. The molecule has 2 aromatic carbocycles. The quantitative estimate of drug-likeness (QED) is 0.201. The normalized spacial score (nSPS) is 19.5. The number of hydrogen-bond acceptors (Lipinski definition) is 7. The molecule has 0 spiro atoms. The molecular weight excluding hydrogens is 622 g/mol. The molecule has 270 valence electrons. The number of ether oxygens (including phenoxy) is 3. The van der Waals surface area contributed by atoms with Crippen molar-refractivity contribution in [2.75, 3.05) is 7.11 Å². The first kappa shape index (κ1) is 39.5. The lowest BCUT2D eigenvalue weighted by Crippen LogP contribution is -2.56. The van der Waals surface area contributed by atoms with E-state index < -0.39 is 47.8 Å². The van der Waals surface area contributed by atoms with Crippen LogP contribution in [0.15, 0.2) is 60.7 Å². The van der Waals surface area contributed by atoms with Gasteiger partial charge in [-0.2, -0.15) is 0 Å². The Morgan fingerprint density at radius 1 is 0.857 bits per heavy atom. The third kappa shape index (κ3) is 11.0. The molecule has 3 rings (SSSR count). The van der Waals surface area contributed by atoms with E-state index in [1.165, 1.54) is 7.11 Å². The summed E-state index contributed by atoms with van der Waals surface area (Å²) in [5.41, 5.74) is 0.798. The molecular formula is C39H57N3O7. The van der Waals surface area contributed by atoms with Gasteiger partial charge in [0.25, 0.3) is 0 Å². The molecule has 0 bridgehead atoms. The number of methoxy groups -OCH3 is 1. The number of nitrogens with zero attached hydrogens (tertiary/aromatic N) is 1. The van der Waals surface area contributed by atoms with Gasteiger partial charge in [-0.05, 0) is 55.6 Å². The summed E-state index contributed by atoms with van der Waals surface area (Å²) in [6, 6.07) is 16.8. The number of amides is 3. The number of rotatable bonds is 16. The van der Waals surface area contributed by atoms with Gasteiger partial charge in [0.15, 0.2) is 0 Å². The third-order valence-corrected chi connectivity index (χ3v) is 9.40. The number of carbonyl (C=O) groups is 4. The standard InChI is InChI=1S/C39H57N3O7/c1-10-27(6)34(36(44)40-31(37(45)47-9)22-28-17-13-11-14-18-28)41-35(43)30(26(4)5)23-33-32(21-25(2)3)42(39(7,8)49-33)38(46)48-24-29-19-15-12-16-20-29/h11-20,25-27,30-34H,10,21-24H2,1-9H3,(H,40,44)(H,41,43)/t27-,30-,31-,32-,33-,34-/m0/s1. The molecule has 2 aromatic rings. The maximum Gasteiger partial charge on any atom is 0.412 e. The summed E-state index contributed by atoms with van der Waals surface area (Å²) in [6.45, 7) is 15.8. The second-order valence-electron chi connectivity index (χ2n) is 14.4. The van der Waals surface area contributed by atoms with Gasteiger partial charge in [0.2, 0.25) is 11.8 Å². The van der Waals surface area contributed by atoms with Crippen molar-refractivity contribution in [3.8, 4) is 0 Å². The van der Waals surface area contributed by atoms with Crippen molar-refractivity contribution in [3.05, 3.63) is 71.8 Å². The van der Waals surface area contributed by atoms with E-state index in [1.807, 2.05) is 102 Å². The van der Waals surface area contributed by atoms with Gasteiger partial charge in [-0.3, -0.25) is 14.5 Å². The van der Waals surface area contributed by atoms with Gasteiger partial charge in [0.1, 0.15) is 24.4 Å². The fourth-order valence-corrected chi connectivity index (χ4v) is 6.50. The van der Waals surface area contributed by atoms with E-state index >= 15 is 0 Å². The van der Waals surface area contributed by atoms with Crippen molar-refractivity contribution in [2.45, 2.75) is 118 Å². The lowest BCUT2D eigenvalue weighted by atomic mass is 9.85. The van der Waals surface area contributed by atoms with Crippen LogP contribution in [0.3, 0.4) is 0 Å². The summed E-state index contributed by atoms with van der Waals surface area (Å²) in [5.74, 6) is -1.85. The van der Waals surface area contributed by atoms with Gasteiger partial charge in [-0.15, -0.1) is 0 Å². The predicted octanol–water partition coefficient (Wildman–Crippen LogP) is 6.27. The summed E-state index contributed by atoms with van der Waals surface area (Å²) in [6.07, 6.45) is 0.992. The van der Waals surface area contributed by atoms with Crippen LogP contribution in [-0.2, 0) is 41.6 Å². The van der Waals surface area contributed by atoms with Gasteiger partial charge in [-0.1, -0.05) is 109 Å². The molecule has 10 heteroatoms. The summed E-state index contributed by atoms with van der Waals surface area (Å²) in [4.78, 5) is 55.8. The van der Waals surface area contributed by atoms with Crippen molar-refractivity contribution < 1.29 is 33.4 Å². The topological polar surface area (TPSA) is 123 Å². The van der Waals surface area contributed by atoms with Gasteiger partial charge in [0.05, 0.1) is 19.3 Å². The highest BCUT2D eigenvalue weighted by atomic mass is 16.6. The number of hydrogen-bond donors (Lipinski definition) is 2. The van der Waals surface area contributed by atoms with E-state index in [9.17, 15) is 19.2 Å². The molecule has 1 fully saturated rings. The van der Waals surface area contributed by atoms with Crippen LogP contribution in [0.5, 0.6) is 0 Å². The van der Waals surface area contributed by atoms with Crippen LogP contribution >= 0.6 is 0 Å². The second kappa shape index (κ2) is 18.2. The number of carbonyl (C=O) groups excluding carboxylic acids is 4. The summed E-state index contributed by atoms with van der Waals surface area (Å²) < 4.78 is 17.3. The lowest BCUT2D eigenvalue weighted by Gasteiger charge is -2.34. The Morgan fingerprint density at radius 3 is 1.98 bits per heavy atom. The Balaban J connectivity index is 1.80. The highest BCUT2D eigenvalue weighted by molar-refractivity contribution is 5.91. The first-order chi connectivity index (χ1) is 23.2. The summed E-state index contributed by atoms with van der Waals surface area (Å²) in [5, 5.41) is 5.88. The Labute approximate surface area is 292 Å². The molecule has 1 aliphatic heterocycles. The lowest BCUT2D eigenvalue weighted by molar-refractivity contribution is -0.145. The van der Waals surface area contributed by atoms with Crippen molar-refractivity contribution in [2.24, 2.45) is 23.7 Å². The van der Waals surface area contributed by atoms with Crippen molar-refractivity contribution in [3.63, 3.8) is 0 Å². The monoisotopic (exact) mass is 679 g/mol. The van der Waals surface area contributed by atoms with E-state index in [-0.39, 0.29) is 42.7 Å². The fraction of sp³-hybridized carbons (Fsp3) is 0.590. The van der Waals surface area contributed by atoms with Crippen LogP contribution in [0.2, 0.25) is 0 Å². The van der Waals surface area contributed by atoms with Crippen LogP contribution in [0.4, 0.5) is 4.79 Å². The van der Waals surface area contributed by atoms with Crippen LogP contribution in [0.25, 0.3) is 0 Å². The minimum atomic E-state index is -0.962. The molecule has 0 aromatic heterocycles. The van der Waals surface area contributed by atoms with E-state index in [2.05, 4.69) is 24.5 Å². The average molecular weight is 680 g/mol. The number of esters is 1. The molecule has 1 heterocycles. The first-order valence-corrected chi connectivity index (χ1v) is 17.6. The Bertz CT molecular complexity index is 1370. The maximum atomic E-state index is 14.1. The molecule has 3 amide bonds. The van der Waals surface area contributed by atoms with Gasteiger partial charge in [-0.25, -0.2) is 9.59 Å². The molecule has 1 aliphatic rings. The zero-order valence-corrected chi connectivity index (χ0v) is 30.7. The zero-order chi connectivity index (χ0) is 36.3. The first-order valence-electron chi connectivity index (χ1n) is 17.6. The second-order valence-corrected chi connectivity index (χ2v) is 14.4. The highest BCUT2D eigenvalue weighted by Gasteiger charge is 2.51. The fourth-order valence-electron chi connectivity index (χ4n) is 6.50. The molecule has 10 nitrogen and oxygen atoms in total. The van der Waals surface area contributed by atoms with Gasteiger partial charge >= 0.3 is 12.1 Å². The third-order valence-electron chi connectivity index (χ3n) is 9.40. The Morgan fingerprint density at radius 2 is 1.45 bits per heavy atom. The van der Waals surface area contributed by atoms with Gasteiger partial charge in [0, 0.05) is 12.3 Å². The number of nitrogens with one attached hydrogen (secondary N) is 2. The zero-order valence-electron chi connectivity index (χ0n) is 30.7. The molecule has 0 aliphatic carbocycles. The number of benzene rings is 2. The van der Waals surface area contributed by atoms with Crippen molar-refractivity contribution in [1.29, 1.82) is 0 Å². The minimum absolute atomic E-state index is 0.0907. The van der Waals surface area contributed by atoms with Crippen LogP contribution in [0.1, 0.15) is 85.8 Å². The molecule has 6 atom stereocenters. The van der Waals surface area contributed by atoms with Crippen LogP contribution < -0.4 is 10.6 Å². The van der Waals surface area contributed by atoms with E-state index in [0.29, 0.717) is 19.3 Å². The SMILES string of the molecule is CC[C@H](C)[C@H](NC(=O)[C@@H](C[C@@H]1OC(C)(C)N(C(=O)OCc2ccccc2)[C@H]1CC(C)C)C(C)C)C(=O)N[C@@H](Cc1ccccc1)C(=O)OC. The molecule has 0 radical (unpaired) electrons. The van der Waals surface area contributed by atoms with Crippen molar-refractivity contribution in [1.82, 2.24) is 15.5 Å². The van der Waals surface area contributed by atoms with E-state index in [0.717, 1.165) is 11.1 Å². The average Bonchev–Trinajstić information content (AvgIpc) is 3.32. The van der Waals surface area contributed by atoms with Crippen LogP contribution in [0, 0.1) is 23.7 Å². The van der Waals surface area contributed by atoms with Crippen LogP contribution in [-0.4, -0.2) is 65.8 Å².